The van der Waals surface area contributed by atoms with E-state index in [0.29, 0.717) is 5.92 Å². The Morgan fingerprint density at radius 1 is 1.33 bits per heavy atom. The number of benzene rings is 1. The van der Waals surface area contributed by atoms with Crippen LogP contribution in [0.3, 0.4) is 0 Å². The summed E-state index contributed by atoms with van der Waals surface area (Å²) in [4.78, 5) is 2.52. The van der Waals surface area contributed by atoms with Gasteiger partial charge in [-0.05, 0) is 55.0 Å². The van der Waals surface area contributed by atoms with Gasteiger partial charge in [-0.2, -0.15) is 0 Å². The summed E-state index contributed by atoms with van der Waals surface area (Å²) in [6.45, 7) is 7.11. The Bertz CT molecular complexity index is 520. The van der Waals surface area contributed by atoms with Crippen LogP contribution in [0.1, 0.15) is 38.7 Å². The minimum atomic E-state index is 0.147. The van der Waals surface area contributed by atoms with E-state index in [0.717, 1.165) is 24.6 Å². The first-order valence-electron chi connectivity index (χ1n) is 8.26. The summed E-state index contributed by atoms with van der Waals surface area (Å²) < 4.78 is 5.42. The van der Waals surface area contributed by atoms with E-state index in [9.17, 15) is 0 Å². The number of methoxy groups -OCH3 is 1. The number of hydrogen-bond donors (Lipinski definition) is 0. The van der Waals surface area contributed by atoms with Gasteiger partial charge in [0.15, 0.2) is 0 Å². The smallest absolute Gasteiger partial charge is 0.119 e. The number of nitrogens with zero attached hydrogens (tertiary/aromatic N) is 1. The number of rotatable bonds is 5. The van der Waals surface area contributed by atoms with Crippen molar-refractivity contribution in [2.24, 2.45) is 11.8 Å². The van der Waals surface area contributed by atoms with E-state index in [4.69, 9.17) is 4.74 Å². The summed E-state index contributed by atoms with van der Waals surface area (Å²) in [7, 11) is 1.75. The SMILES string of the molecule is CCC1(c2cccc(OC)c2)C=CN(CC2CC2)CC1C. The predicted octanol–water partition coefficient (Wildman–Crippen LogP) is 4.22. The van der Waals surface area contributed by atoms with Crippen LogP contribution in [-0.4, -0.2) is 25.1 Å². The lowest BCUT2D eigenvalue weighted by Crippen LogP contribution is -2.42. The first kappa shape index (κ1) is 14.5. The van der Waals surface area contributed by atoms with Crippen LogP contribution >= 0.6 is 0 Å². The minimum absolute atomic E-state index is 0.147. The Morgan fingerprint density at radius 2 is 2.14 bits per heavy atom. The largest absolute Gasteiger partial charge is 0.497 e. The summed E-state index contributed by atoms with van der Waals surface area (Å²) in [5.41, 5.74) is 1.54. The molecule has 0 aromatic heterocycles. The molecular weight excluding hydrogens is 258 g/mol. The van der Waals surface area contributed by atoms with Gasteiger partial charge in [-0.1, -0.05) is 32.1 Å². The molecule has 0 N–H and O–H groups in total. The van der Waals surface area contributed by atoms with Gasteiger partial charge < -0.3 is 9.64 Å². The Labute approximate surface area is 128 Å². The molecule has 0 amide bonds. The van der Waals surface area contributed by atoms with Crippen molar-refractivity contribution in [3.05, 3.63) is 42.1 Å². The average Bonchev–Trinajstić information content (AvgIpc) is 3.32. The van der Waals surface area contributed by atoms with Gasteiger partial charge in [-0.3, -0.25) is 0 Å². The molecule has 1 aliphatic heterocycles. The van der Waals surface area contributed by atoms with Crippen LogP contribution < -0.4 is 4.74 Å². The fraction of sp³-hybridized carbons (Fsp3) is 0.579. The molecule has 1 heterocycles. The highest BCUT2D eigenvalue weighted by Gasteiger charge is 2.38. The molecule has 1 aromatic rings. The normalized spacial score (nSPS) is 28.7. The van der Waals surface area contributed by atoms with Gasteiger partial charge >= 0.3 is 0 Å². The number of allylic oxidation sites excluding steroid dienone is 1. The molecule has 0 saturated heterocycles. The molecule has 2 atom stereocenters. The molecule has 1 aromatic carbocycles. The maximum atomic E-state index is 5.42. The molecule has 21 heavy (non-hydrogen) atoms. The van der Waals surface area contributed by atoms with Crippen molar-refractivity contribution in [1.29, 1.82) is 0 Å². The average molecular weight is 285 g/mol. The van der Waals surface area contributed by atoms with Crippen molar-refractivity contribution in [3.63, 3.8) is 0 Å². The summed E-state index contributed by atoms with van der Waals surface area (Å²) in [6.07, 6.45) is 8.77. The van der Waals surface area contributed by atoms with E-state index in [1.807, 2.05) is 6.07 Å². The highest BCUT2D eigenvalue weighted by atomic mass is 16.5. The van der Waals surface area contributed by atoms with Gasteiger partial charge in [-0.15, -0.1) is 0 Å². The van der Waals surface area contributed by atoms with E-state index in [1.54, 1.807) is 7.11 Å². The molecule has 2 nitrogen and oxygen atoms in total. The van der Waals surface area contributed by atoms with Gasteiger partial charge in [0.2, 0.25) is 0 Å². The summed E-state index contributed by atoms with van der Waals surface area (Å²) in [5, 5.41) is 0. The van der Waals surface area contributed by atoms with E-state index >= 15 is 0 Å². The zero-order valence-electron chi connectivity index (χ0n) is 13.5. The van der Waals surface area contributed by atoms with Gasteiger partial charge in [0.1, 0.15) is 5.75 Å². The summed E-state index contributed by atoms with van der Waals surface area (Å²) in [5.74, 6) is 2.53. The van der Waals surface area contributed by atoms with Crippen molar-refractivity contribution in [1.82, 2.24) is 4.90 Å². The van der Waals surface area contributed by atoms with Crippen LogP contribution in [0.25, 0.3) is 0 Å². The zero-order chi connectivity index (χ0) is 14.9. The van der Waals surface area contributed by atoms with Crippen molar-refractivity contribution in [3.8, 4) is 5.75 Å². The summed E-state index contributed by atoms with van der Waals surface area (Å²) in [6, 6.07) is 8.61. The van der Waals surface area contributed by atoms with Crippen molar-refractivity contribution in [2.45, 2.75) is 38.5 Å². The fourth-order valence-corrected chi connectivity index (χ4v) is 3.71. The molecule has 0 spiro atoms. The lowest BCUT2D eigenvalue weighted by atomic mass is 9.67. The first-order valence-corrected chi connectivity index (χ1v) is 8.26. The third-order valence-electron chi connectivity index (χ3n) is 5.35. The van der Waals surface area contributed by atoms with Crippen molar-refractivity contribution >= 4 is 0 Å². The molecule has 2 unspecified atom stereocenters. The van der Waals surface area contributed by atoms with Gasteiger partial charge in [0, 0.05) is 18.5 Å². The van der Waals surface area contributed by atoms with Gasteiger partial charge in [-0.25, -0.2) is 0 Å². The summed E-state index contributed by atoms with van der Waals surface area (Å²) >= 11 is 0. The van der Waals surface area contributed by atoms with Crippen LogP contribution in [0.2, 0.25) is 0 Å². The molecule has 1 aliphatic carbocycles. The Balaban J connectivity index is 1.87. The van der Waals surface area contributed by atoms with E-state index in [2.05, 4.69) is 49.2 Å². The number of hydrogen-bond acceptors (Lipinski definition) is 2. The fourth-order valence-electron chi connectivity index (χ4n) is 3.71. The standard InChI is InChI=1S/C19H27NO/c1-4-19(17-6-5-7-18(12-17)21-3)10-11-20(13-15(19)2)14-16-8-9-16/h5-7,10-12,15-16H,4,8-9,13-14H2,1-3H3. The van der Waals surface area contributed by atoms with Crippen LogP contribution in [0.4, 0.5) is 0 Å². The molecule has 0 bridgehead atoms. The lowest BCUT2D eigenvalue weighted by molar-refractivity contribution is 0.213. The van der Waals surface area contributed by atoms with Crippen molar-refractivity contribution in [2.75, 3.05) is 20.2 Å². The van der Waals surface area contributed by atoms with E-state index in [1.165, 1.54) is 24.9 Å². The highest BCUT2D eigenvalue weighted by molar-refractivity contribution is 5.38. The van der Waals surface area contributed by atoms with Crippen LogP contribution in [0, 0.1) is 11.8 Å². The highest BCUT2D eigenvalue weighted by Crippen LogP contribution is 2.42. The maximum absolute atomic E-state index is 5.42. The van der Waals surface area contributed by atoms with E-state index < -0.39 is 0 Å². The topological polar surface area (TPSA) is 12.5 Å². The van der Waals surface area contributed by atoms with Crippen molar-refractivity contribution < 1.29 is 4.74 Å². The Morgan fingerprint density at radius 3 is 2.76 bits per heavy atom. The lowest BCUT2D eigenvalue weighted by Gasteiger charge is -2.43. The quantitative estimate of drug-likeness (QED) is 0.803. The van der Waals surface area contributed by atoms with Crippen LogP contribution in [0.15, 0.2) is 36.5 Å². The predicted molar refractivity (Wildman–Crippen MR) is 87.6 cm³/mol. The molecule has 3 rings (SSSR count). The van der Waals surface area contributed by atoms with E-state index in [-0.39, 0.29) is 5.41 Å². The maximum Gasteiger partial charge on any atom is 0.119 e. The molecule has 0 radical (unpaired) electrons. The number of ether oxygens (including phenoxy) is 1. The second-order valence-corrected chi connectivity index (χ2v) is 6.74. The Kier molecular flexibility index (Phi) is 3.97. The molecular formula is C19H27NO. The molecule has 1 fully saturated rings. The molecule has 114 valence electrons. The third kappa shape index (κ3) is 2.81. The molecule has 1 saturated carbocycles. The monoisotopic (exact) mass is 285 g/mol. The minimum Gasteiger partial charge on any atom is -0.497 e. The van der Waals surface area contributed by atoms with Gasteiger partial charge in [0.05, 0.1) is 7.11 Å². The third-order valence-corrected chi connectivity index (χ3v) is 5.35. The molecule has 2 heteroatoms. The second-order valence-electron chi connectivity index (χ2n) is 6.74. The Hall–Kier alpha value is -1.44. The first-order chi connectivity index (χ1) is 10.2. The van der Waals surface area contributed by atoms with Crippen LogP contribution in [0.5, 0.6) is 5.75 Å². The molecule has 2 aliphatic rings. The van der Waals surface area contributed by atoms with Crippen LogP contribution in [-0.2, 0) is 5.41 Å². The van der Waals surface area contributed by atoms with Gasteiger partial charge in [0.25, 0.3) is 0 Å². The second kappa shape index (κ2) is 5.75. The zero-order valence-corrected chi connectivity index (χ0v) is 13.5.